The van der Waals surface area contributed by atoms with E-state index in [1.807, 2.05) is 11.8 Å². The van der Waals surface area contributed by atoms with Crippen molar-refractivity contribution < 1.29 is 4.39 Å². The van der Waals surface area contributed by atoms with Gasteiger partial charge in [0, 0.05) is 12.6 Å². The van der Waals surface area contributed by atoms with Gasteiger partial charge in [-0.2, -0.15) is 17.0 Å². The molecule has 1 atom stereocenters. The van der Waals surface area contributed by atoms with Gasteiger partial charge in [0.05, 0.1) is 11.6 Å². The van der Waals surface area contributed by atoms with Crippen molar-refractivity contribution in [1.29, 1.82) is 5.26 Å². The largest absolute Gasteiger partial charge is 0.310 e. The molecule has 0 aliphatic carbocycles. The highest BCUT2D eigenvalue weighted by Gasteiger charge is 2.06. The Balaban J connectivity index is 2.56. The summed E-state index contributed by atoms with van der Waals surface area (Å²) in [6.07, 6.45) is 3.14. The predicted octanol–water partition coefficient (Wildman–Crippen LogP) is 2.93. The van der Waals surface area contributed by atoms with E-state index in [9.17, 15) is 4.39 Å². The highest BCUT2D eigenvalue weighted by molar-refractivity contribution is 7.98. The van der Waals surface area contributed by atoms with Crippen molar-refractivity contribution in [2.45, 2.75) is 25.9 Å². The molecule has 0 saturated carbocycles. The van der Waals surface area contributed by atoms with Crippen molar-refractivity contribution >= 4 is 11.8 Å². The Kier molecular flexibility index (Phi) is 6.03. The van der Waals surface area contributed by atoms with Gasteiger partial charge in [0.15, 0.2) is 0 Å². The van der Waals surface area contributed by atoms with Crippen molar-refractivity contribution in [2.24, 2.45) is 0 Å². The normalized spacial score (nSPS) is 12.1. The predicted molar refractivity (Wildman–Crippen MR) is 70.4 cm³/mol. The number of hydrogen-bond acceptors (Lipinski definition) is 3. The second kappa shape index (κ2) is 7.31. The van der Waals surface area contributed by atoms with E-state index in [-0.39, 0.29) is 5.82 Å². The van der Waals surface area contributed by atoms with E-state index in [1.165, 1.54) is 18.2 Å². The van der Waals surface area contributed by atoms with Gasteiger partial charge in [-0.3, -0.25) is 0 Å². The molecule has 0 aliphatic heterocycles. The molecule has 0 spiro atoms. The summed E-state index contributed by atoms with van der Waals surface area (Å²) in [7, 11) is 0. The van der Waals surface area contributed by atoms with Crippen LogP contribution in [-0.2, 0) is 6.54 Å². The molecule has 17 heavy (non-hydrogen) atoms. The van der Waals surface area contributed by atoms with Crippen LogP contribution < -0.4 is 5.32 Å². The van der Waals surface area contributed by atoms with Gasteiger partial charge in [0.2, 0.25) is 0 Å². The van der Waals surface area contributed by atoms with E-state index < -0.39 is 0 Å². The first-order chi connectivity index (χ1) is 8.17. The van der Waals surface area contributed by atoms with Crippen LogP contribution in [0.5, 0.6) is 0 Å². The Hall–Kier alpha value is -1.05. The number of benzene rings is 1. The average Bonchev–Trinajstić information content (AvgIpc) is 2.34. The van der Waals surface area contributed by atoms with Gasteiger partial charge in [-0.1, -0.05) is 0 Å². The summed E-state index contributed by atoms with van der Waals surface area (Å²) in [6.45, 7) is 2.64. The third-order valence-electron chi connectivity index (χ3n) is 2.58. The van der Waals surface area contributed by atoms with Crippen LogP contribution in [-0.4, -0.2) is 18.1 Å². The first-order valence-corrected chi connectivity index (χ1v) is 6.97. The molecule has 4 heteroatoms. The van der Waals surface area contributed by atoms with Crippen molar-refractivity contribution in [2.75, 3.05) is 12.0 Å². The fraction of sp³-hybridized carbons (Fsp3) is 0.462. The zero-order chi connectivity index (χ0) is 12.7. The first-order valence-electron chi connectivity index (χ1n) is 5.58. The number of thioether (sulfide) groups is 1. The lowest BCUT2D eigenvalue weighted by Gasteiger charge is -2.13. The number of nitrogens with one attached hydrogen (secondary N) is 1. The Morgan fingerprint density at radius 1 is 1.53 bits per heavy atom. The summed E-state index contributed by atoms with van der Waals surface area (Å²) in [5.41, 5.74) is 1.26. The summed E-state index contributed by atoms with van der Waals surface area (Å²) < 4.78 is 13.1. The summed E-state index contributed by atoms with van der Waals surface area (Å²) >= 11 is 1.81. The maximum absolute atomic E-state index is 13.1. The van der Waals surface area contributed by atoms with Crippen LogP contribution in [0.2, 0.25) is 0 Å². The van der Waals surface area contributed by atoms with Crippen molar-refractivity contribution in [1.82, 2.24) is 5.32 Å². The monoisotopic (exact) mass is 252 g/mol. The number of hydrogen-bond donors (Lipinski definition) is 1. The summed E-state index contributed by atoms with van der Waals surface area (Å²) in [6, 6.07) is 6.72. The van der Waals surface area contributed by atoms with E-state index >= 15 is 0 Å². The fourth-order valence-electron chi connectivity index (χ4n) is 1.50. The van der Waals surface area contributed by atoms with Gasteiger partial charge in [-0.05, 0) is 49.1 Å². The van der Waals surface area contributed by atoms with Gasteiger partial charge in [0.25, 0.3) is 0 Å². The van der Waals surface area contributed by atoms with E-state index in [0.717, 1.165) is 17.7 Å². The van der Waals surface area contributed by atoms with Gasteiger partial charge >= 0.3 is 0 Å². The second-order valence-corrected chi connectivity index (χ2v) is 4.96. The molecule has 2 nitrogen and oxygen atoms in total. The molecule has 1 aromatic carbocycles. The molecule has 1 N–H and O–H groups in total. The van der Waals surface area contributed by atoms with Crippen molar-refractivity contribution in [3.63, 3.8) is 0 Å². The third-order valence-corrected chi connectivity index (χ3v) is 3.23. The number of rotatable bonds is 6. The molecule has 0 bridgehead atoms. The van der Waals surface area contributed by atoms with Crippen LogP contribution in [0.4, 0.5) is 4.39 Å². The van der Waals surface area contributed by atoms with E-state index in [2.05, 4.69) is 24.6 Å². The van der Waals surface area contributed by atoms with E-state index in [0.29, 0.717) is 18.2 Å². The van der Waals surface area contributed by atoms with Crippen LogP contribution in [0.15, 0.2) is 18.2 Å². The van der Waals surface area contributed by atoms with E-state index in [4.69, 9.17) is 5.26 Å². The van der Waals surface area contributed by atoms with Crippen LogP contribution in [0, 0.1) is 17.1 Å². The summed E-state index contributed by atoms with van der Waals surface area (Å²) in [5.74, 6) is 0.806. The summed E-state index contributed by atoms with van der Waals surface area (Å²) in [5, 5.41) is 12.2. The molecule has 0 amide bonds. The van der Waals surface area contributed by atoms with Crippen LogP contribution >= 0.6 is 11.8 Å². The molecule has 1 rings (SSSR count). The lowest BCUT2D eigenvalue weighted by molar-refractivity contribution is 0.534. The topological polar surface area (TPSA) is 35.8 Å². The average molecular weight is 252 g/mol. The van der Waals surface area contributed by atoms with Crippen molar-refractivity contribution in [3.05, 3.63) is 35.1 Å². The molecule has 0 heterocycles. The minimum atomic E-state index is -0.294. The van der Waals surface area contributed by atoms with Crippen LogP contribution in [0.1, 0.15) is 24.5 Å². The zero-order valence-electron chi connectivity index (χ0n) is 10.2. The highest BCUT2D eigenvalue weighted by Crippen LogP contribution is 2.11. The molecule has 0 fully saturated rings. The molecule has 0 radical (unpaired) electrons. The Morgan fingerprint density at radius 3 is 2.94 bits per heavy atom. The molecular weight excluding hydrogens is 235 g/mol. The zero-order valence-corrected chi connectivity index (χ0v) is 11.0. The van der Waals surface area contributed by atoms with Crippen LogP contribution in [0.3, 0.4) is 0 Å². The van der Waals surface area contributed by atoms with Crippen LogP contribution in [0.25, 0.3) is 0 Å². The molecule has 0 aliphatic rings. The smallest absolute Gasteiger partial charge is 0.123 e. The Bertz CT molecular complexity index is 401. The van der Waals surface area contributed by atoms with Gasteiger partial charge in [0.1, 0.15) is 5.82 Å². The molecule has 92 valence electrons. The maximum Gasteiger partial charge on any atom is 0.123 e. The minimum absolute atomic E-state index is 0.294. The fourth-order valence-corrected chi connectivity index (χ4v) is 2.09. The highest BCUT2D eigenvalue weighted by atomic mass is 32.2. The maximum atomic E-state index is 13.1. The van der Waals surface area contributed by atoms with Gasteiger partial charge < -0.3 is 5.32 Å². The number of nitrogens with zero attached hydrogens (tertiary/aromatic N) is 1. The lowest BCUT2D eigenvalue weighted by Crippen LogP contribution is -2.26. The molecular formula is C13H17FN2S. The molecule has 0 aromatic heterocycles. The third kappa shape index (κ3) is 4.76. The minimum Gasteiger partial charge on any atom is -0.310 e. The second-order valence-electron chi connectivity index (χ2n) is 3.98. The Labute approximate surface area is 106 Å². The number of nitriles is 1. The molecule has 0 saturated heterocycles. The molecule has 1 aromatic rings. The van der Waals surface area contributed by atoms with E-state index in [1.54, 1.807) is 0 Å². The van der Waals surface area contributed by atoms with Gasteiger partial charge in [-0.15, -0.1) is 0 Å². The standard InChI is InChI=1S/C13H17FN2S/c1-10(5-6-17-2)16-9-12-7-13(14)4-3-11(12)8-15/h3-4,7,10,16H,5-6,9H2,1-2H3. The Morgan fingerprint density at radius 2 is 2.29 bits per heavy atom. The number of halogens is 1. The summed E-state index contributed by atoms with van der Waals surface area (Å²) in [4.78, 5) is 0. The first kappa shape index (κ1) is 14.0. The lowest BCUT2D eigenvalue weighted by atomic mass is 10.1. The van der Waals surface area contributed by atoms with Crippen molar-refractivity contribution in [3.8, 4) is 6.07 Å². The quantitative estimate of drug-likeness (QED) is 0.845. The molecule has 1 unspecified atom stereocenters. The SMILES string of the molecule is CSCCC(C)NCc1cc(F)ccc1C#N. The van der Waals surface area contributed by atoms with Gasteiger partial charge in [-0.25, -0.2) is 4.39 Å².